The molecule has 0 spiro atoms. The average Bonchev–Trinajstić information content (AvgIpc) is 3.12. The van der Waals surface area contributed by atoms with Crippen LogP contribution in [0.2, 0.25) is 0 Å². The summed E-state index contributed by atoms with van der Waals surface area (Å²) in [6.45, 7) is 5.33. The van der Waals surface area contributed by atoms with Gasteiger partial charge in [0, 0.05) is 6.54 Å². The number of amides is 2. The number of carbonyl (C=O) groups is 2. The first-order valence-electron chi connectivity index (χ1n) is 9.14. The number of nitrogens with one attached hydrogen (secondary N) is 1. The van der Waals surface area contributed by atoms with Crippen LogP contribution in [0.25, 0.3) is 0 Å². The van der Waals surface area contributed by atoms with Gasteiger partial charge in [0.1, 0.15) is 5.60 Å². The standard InChI is InChI=1S/C19H21F3N6O3/c1-18(2,3)31-17(30)24-8-9-28-11-15(25-26-28)16(29)27(12-23)10-13-4-6-14(7-5-13)19(20,21)22/h4-7,11H,8-10H2,1-3H3,(H,24,30). The second-order valence-electron chi connectivity index (χ2n) is 7.48. The van der Waals surface area contributed by atoms with Crippen molar-refractivity contribution in [2.75, 3.05) is 6.54 Å². The Morgan fingerprint density at radius 3 is 2.42 bits per heavy atom. The van der Waals surface area contributed by atoms with Gasteiger partial charge in [-0.1, -0.05) is 17.3 Å². The molecule has 2 aromatic rings. The van der Waals surface area contributed by atoms with Crippen LogP contribution < -0.4 is 5.32 Å². The summed E-state index contributed by atoms with van der Waals surface area (Å²) in [5.41, 5.74) is -1.23. The molecule has 0 aliphatic rings. The van der Waals surface area contributed by atoms with E-state index in [-0.39, 0.29) is 25.3 Å². The van der Waals surface area contributed by atoms with E-state index in [1.54, 1.807) is 27.0 Å². The third kappa shape index (κ3) is 7.29. The molecule has 0 bridgehead atoms. The number of nitrogens with zero attached hydrogens (tertiary/aromatic N) is 5. The summed E-state index contributed by atoms with van der Waals surface area (Å²) in [7, 11) is 0. The van der Waals surface area contributed by atoms with E-state index < -0.39 is 29.3 Å². The van der Waals surface area contributed by atoms with Gasteiger partial charge < -0.3 is 10.1 Å². The molecule has 0 aliphatic heterocycles. The molecule has 0 radical (unpaired) electrons. The molecule has 0 unspecified atom stereocenters. The van der Waals surface area contributed by atoms with Crippen molar-refractivity contribution in [1.29, 1.82) is 5.26 Å². The monoisotopic (exact) mass is 438 g/mol. The van der Waals surface area contributed by atoms with Crippen LogP contribution in [0.1, 0.15) is 42.4 Å². The van der Waals surface area contributed by atoms with Gasteiger partial charge in [-0.25, -0.2) is 14.4 Å². The number of hydrogen-bond acceptors (Lipinski definition) is 6. The molecular weight excluding hydrogens is 417 g/mol. The number of carbonyl (C=O) groups excluding carboxylic acids is 2. The van der Waals surface area contributed by atoms with Crippen molar-refractivity contribution in [2.24, 2.45) is 0 Å². The quantitative estimate of drug-likeness (QED) is 0.548. The minimum absolute atomic E-state index is 0.120. The molecule has 166 valence electrons. The summed E-state index contributed by atoms with van der Waals surface area (Å²) in [6.07, 6.45) is -2.08. The van der Waals surface area contributed by atoms with E-state index >= 15 is 0 Å². The molecule has 1 aromatic carbocycles. The molecule has 2 rings (SSSR count). The van der Waals surface area contributed by atoms with Crippen LogP contribution in [0.4, 0.5) is 18.0 Å². The van der Waals surface area contributed by atoms with E-state index in [1.165, 1.54) is 23.0 Å². The number of alkyl halides is 3. The van der Waals surface area contributed by atoms with E-state index in [1.807, 2.05) is 0 Å². The number of nitriles is 1. The predicted octanol–water partition coefficient (Wildman–Crippen LogP) is 2.95. The predicted molar refractivity (Wildman–Crippen MR) is 101 cm³/mol. The highest BCUT2D eigenvalue weighted by Gasteiger charge is 2.30. The number of halogens is 3. The van der Waals surface area contributed by atoms with Gasteiger partial charge >= 0.3 is 12.3 Å². The van der Waals surface area contributed by atoms with Gasteiger partial charge in [0.2, 0.25) is 0 Å². The number of hydrogen-bond donors (Lipinski definition) is 1. The zero-order chi connectivity index (χ0) is 23.2. The maximum atomic E-state index is 12.6. The van der Waals surface area contributed by atoms with E-state index in [4.69, 9.17) is 4.74 Å². The van der Waals surface area contributed by atoms with Crippen molar-refractivity contribution >= 4 is 12.0 Å². The van der Waals surface area contributed by atoms with Gasteiger partial charge in [-0.2, -0.15) is 18.4 Å². The summed E-state index contributed by atoms with van der Waals surface area (Å²) < 4.78 is 44.3. The summed E-state index contributed by atoms with van der Waals surface area (Å²) in [4.78, 5) is 24.8. The summed E-state index contributed by atoms with van der Waals surface area (Å²) in [5.74, 6) is -0.756. The maximum Gasteiger partial charge on any atom is 0.416 e. The first-order valence-corrected chi connectivity index (χ1v) is 9.14. The van der Waals surface area contributed by atoms with E-state index in [9.17, 15) is 28.0 Å². The van der Waals surface area contributed by atoms with E-state index in [2.05, 4.69) is 15.6 Å². The normalized spacial score (nSPS) is 11.5. The van der Waals surface area contributed by atoms with Crippen molar-refractivity contribution in [3.8, 4) is 6.19 Å². The molecule has 1 N–H and O–H groups in total. The second-order valence-corrected chi connectivity index (χ2v) is 7.48. The molecule has 0 atom stereocenters. The zero-order valence-corrected chi connectivity index (χ0v) is 17.1. The molecule has 31 heavy (non-hydrogen) atoms. The minimum Gasteiger partial charge on any atom is -0.444 e. The van der Waals surface area contributed by atoms with Crippen molar-refractivity contribution in [2.45, 2.75) is 45.6 Å². The number of aromatic nitrogens is 3. The third-order valence-electron chi connectivity index (χ3n) is 3.75. The molecule has 9 nitrogen and oxygen atoms in total. The fraction of sp³-hybridized carbons (Fsp3) is 0.421. The Bertz CT molecular complexity index is 958. The maximum absolute atomic E-state index is 12.6. The fourth-order valence-corrected chi connectivity index (χ4v) is 2.36. The Morgan fingerprint density at radius 1 is 1.23 bits per heavy atom. The van der Waals surface area contributed by atoms with Gasteiger partial charge in [-0.3, -0.25) is 4.79 Å². The fourth-order valence-electron chi connectivity index (χ4n) is 2.36. The molecule has 1 heterocycles. The molecular formula is C19H21F3N6O3. The van der Waals surface area contributed by atoms with Gasteiger partial charge in [0.15, 0.2) is 11.9 Å². The molecule has 0 saturated heterocycles. The summed E-state index contributed by atoms with van der Waals surface area (Å²) in [6, 6.07) is 4.14. The highest BCUT2D eigenvalue weighted by molar-refractivity contribution is 5.92. The average molecular weight is 438 g/mol. The van der Waals surface area contributed by atoms with Gasteiger partial charge in [-0.05, 0) is 38.5 Å². The lowest BCUT2D eigenvalue weighted by Gasteiger charge is -2.19. The highest BCUT2D eigenvalue weighted by atomic mass is 19.4. The Morgan fingerprint density at radius 2 is 1.87 bits per heavy atom. The molecule has 1 aromatic heterocycles. The van der Waals surface area contributed by atoms with Crippen LogP contribution >= 0.6 is 0 Å². The van der Waals surface area contributed by atoms with Crippen LogP contribution in [0.5, 0.6) is 0 Å². The van der Waals surface area contributed by atoms with Crippen molar-refractivity contribution < 1.29 is 27.5 Å². The lowest BCUT2D eigenvalue weighted by molar-refractivity contribution is -0.137. The van der Waals surface area contributed by atoms with Crippen LogP contribution in [0, 0.1) is 11.5 Å². The number of alkyl carbamates (subject to hydrolysis) is 1. The SMILES string of the molecule is CC(C)(C)OC(=O)NCCn1cc(C(=O)N(C#N)Cc2ccc(C(F)(F)F)cc2)nn1. The summed E-state index contributed by atoms with van der Waals surface area (Å²) >= 11 is 0. The number of rotatable bonds is 6. The van der Waals surface area contributed by atoms with Crippen molar-refractivity contribution in [3.05, 3.63) is 47.3 Å². The van der Waals surface area contributed by atoms with Gasteiger partial charge in [0.05, 0.1) is 24.8 Å². The van der Waals surface area contributed by atoms with Gasteiger partial charge in [-0.15, -0.1) is 5.10 Å². The number of ether oxygens (including phenoxy) is 1. The Labute approximate surface area is 176 Å². The van der Waals surface area contributed by atoms with Crippen LogP contribution in [0.3, 0.4) is 0 Å². The van der Waals surface area contributed by atoms with Crippen LogP contribution in [-0.2, 0) is 24.0 Å². The Balaban J connectivity index is 1.94. The second kappa shape index (κ2) is 9.46. The lowest BCUT2D eigenvalue weighted by atomic mass is 10.1. The molecule has 0 aliphatic carbocycles. The van der Waals surface area contributed by atoms with Crippen LogP contribution in [-0.4, -0.2) is 44.0 Å². The van der Waals surface area contributed by atoms with Crippen molar-refractivity contribution in [3.63, 3.8) is 0 Å². The van der Waals surface area contributed by atoms with E-state index in [0.717, 1.165) is 17.0 Å². The Kier molecular flexibility index (Phi) is 7.22. The number of benzene rings is 1. The minimum atomic E-state index is -4.47. The first kappa shape index (κ1) is 23.7. The molecule has 0 saturated carbocycles. The van der Waals surface area contributed by atoms with Gasteiger partial charge in [0.25, 0.3) is 5.91 Å². The lowest BCUT2D eigenvalue weighted by Crippen LogP contribution is -2.34. The molecule has 0 fully saturated rings. The highest BCUT2D eigenvalue weighted by Crippen LogP contribution is 2.29. The first-order chi connectivity index (χ1) is 14.4. The zero-order valence-electron chi connectivity index (χ0n) is 17.1. The smallest absolute Gasteiger partial charge is 0.416 e. The van der Waals surface area contributed by atoms with Crippen LogP contribution in [0.15, 0.2) is 30.5 Å². The Hall–Kier alpha value is -3.62. The molecule has 2 amide bonds. The third-order valence-corrected chi connectivity index (χ3v) is 3.75. The van der Waals surface area contributed by atoms with Crippen molar-refractivity contribution in [1.82, 2.24) is 25.2 Å². The topological polar surface area (TPSA) is 113 Å². The van der Waals surface area contributed by atoms with E-state index in [0.29, 0.717) is 5.56 Å². The largest absolute Gasteiger partial charge is 0.444 e. The molecule has 12 heteroatoms. The summed E-state index contributed by atoms with van der Waals surface area (Å²) in [5, 5.41) is 19.3.